The van der Waals surface area contributed by atoms with Crippen molar-refractivity contribution >= 4 is 22.7 Å². The lowest BCUT2D eigenvalue weighted by Gasteiger charge is -2.52. The largest absolute Gasteiger partial charge is 0.493 e. The molecule has 1 saturated carbocycles. The maximum atomic E-state index is 14.2. The monoisotopic (exact) mass is 487 g/mol. The van der Waals surface area contributed by atoms with Crippen molar-refractivity contribution in [3.63, 3.8) is 0 Å². The lowest BCUT2D eigenvalue weighted by molar-refractivity contribution is -0.168. The average Bonchev–Trinajstić information content (AvgIpc) is 3.56. The second-order valence-electron chi connectivity index (χ2n) is 10.3. The van der Waals surface area contributed by atoms with Gasteiger partial charge in [-0.05, 0) is 44.4 Å². The van der Waals surface area contributed by atoms with Gasteiger partial charge in [-0.1, -0.05) is 43.2 Å². The molecule has 6 rings (SSSR count). The molecule has 2 aliphatic heterocycles. The van der Waals surface area contributed by atoms with E-state index in [4.69, 9.17) is 9.47 Å². The summed E-state index contributed by atoms with van der Waals surface area (Å²) >= 11 is 0. The highest BCUT2D eigenvalue weighted by molar-refractivity contribution is 6.01. The zero-order chi connectivity index (χ0) is 25.0. The minimum atomic E-state index is -1.08. The fourth-order valence-corrected chi connectivity index (χ4v) is 6.69. The molecule has 2 aromatic carbocycles. The predicted octanol–water partition coefficient (Wildman–Crippen LogP) is 4.55. The molecule has 0 radical (unpaired) electrons. The van der Waals surface area contributed by atoms with Crippen LogP contribution in [0.15, 0.2) is 42.5 Å². The summed E-state index contributed by atoms with van der Waals surface area (Å²) in [7, 11) is 1.64. The molecule has 0 bridgehead atoms. The van der Waals surface area contributed by atoms with E-state index in [0.29, 0.717) is 24.7 Å². The number of piperazine rings is 1. The van der Waals surface area contributed by atoms with Crippen LogP contribution >= 0.6 is 0 Å². The van der Waals surface area contributed by atoms with Crippen molar-refractivity contribution in [1.82, 2.24) is 14.8 Å². The highest BCUT2D eigenvalue weighted by Crippen LogP contribution is 2.51. The van der Waals surface area contributed by atoms with Gasteiger partial charge in [-0.2, -0.15) is 0 Å². The van der Waals surface area contributed by atoms with Crippen LogP contribution in [-0.2, 0) is 15.1 Å². The number of aromatic nitrogens is 1. The van der Waals surface area contributed by atoms with Gasteiger partial charge in [0.1, 0.15) is 6.54 Å². The maximum Gasteiger partial charge on any atom is 0.255 e. The Morgan fingerprint density at radius 1 is 1.08 bits per heavy atom. The van der Waals surface area contributed by atoms with Crippen molar-refractivity contribution in [2.45, 2.75) is 57.0 Å². The molecule has 0 unspecified atom stereocenters. The summed E-state index contributed by atoms with van der Waals surface area (Å²) in [5.74, 6) is 1.21. The van der Waals surface area contributed by atoms with E-state index in [1.54, 1.807) is 12.0 Å². The molecule has 2 atom stereocenters. The van der Waals surface area contributed by atoms with E-state index in [1.807, 2.05) is 55.1 Å². The Bertz CT molecular complexity index is 1340. The molecule has 7 nitrogen and oxygen atoms in total. The number of para-hydroxylation sites is 2. The van der Waals surface area contributed by atoms with E-state index in [2.05, 4.69) is 11.1 Å². The van der Waals surface area contributed by atoms with Crippen LogP contribution in [0, 0.1) is 0 Å². The molecule has 188 valence electrons. The van der Waals surface area contributed by atoms with Gasteiger partial charge in [0.05, 0.1) is 19.4 Å². The third-order valence-corrected chi connectivity index (χ3v) is 8.43. The summed E-state index contributed by atoms with van der Waals surface area (Å²) in [5, 5.41) is 1.07. The number of ether oxygens (including phenoxy) is 2. The van der Waals surface area contributed by atoms with Crippen molar-refractivity contribution < 1.29 is 19.1 Å². The minimum Gasteiger partial charge on any atom is -0.493 e. The van der Waals surface area contributed by atoms with Gasteiger partial charge in [0.25, 0.3) is 5.91 Å². The highest BCUT2D eigenvalue weighted by Gasteiger charge is 2.57. The number of carbonyl (C=O) groups is 2. The van der Waals surface area contributed by atoms with Gasteiger partial charge in [-0.15, -0.1) is 0 Å². The van der Waals surface area contributed by atoms with Crippen LogP contribution in [0.2, 0.25) is 0 Å². The van der Waals surface area contributed by atoms with Crippen LogP contribution in [0.3, 0.4) is 0 Å². The van der Waals surface area contributed by atoms with Gasteiger partial charge in [-0.3, -0.25) is 9.59 Å². The molecule has 1 aliphatic carbocycles. The third-order valence-electron chi connectivity index (χ3n) is 8.43. The van der Waals surface area contributed by atoms with Crippen molar-refractivity contribution in [1.29, 1.82) is 0 Å². The molecule has 1 saturated heterocycles. The maximum absolute atomic E-state index is 14.2. The van der Waals surface area contributed by atoms with Gasteiger partial charge in [0.2, 0.25) is 5.91 Å². The van der Waals surface area contributed by atoms with Crippen molar-refractivity contribution in [3.8, 4) is 11.5 Å². The number of hydrogen-bond acceptors (Lipinski definition) is 4. The number of hydrogen-bond donors (Lipinski definition) is 1. The standard InChI is InChI=1S/C29H33N3O4/c1-4-36-26-19(13-9-15-23(26)35-3)21-16-32-24(33)17-31(18-10-5-6-11-18)28(34)29(32,2)27-25(21)20-12-7-8-14-22(20)30-27/h7-9,12-15,18,21,30H,4-6,10-11,16-17H2,1-3H3/t21-,29+/m1/s1. The van der Waals surface area contributed by atoms with Gasteiger partial charge in [-0.25, -0.2) is 0 Å². The summed E-state index contributed by atoms with van der Waals surface area (Å²) in [5.41, 5.74) is 2.73. The van der Waals surface area contributed by atoms with E-state index in [0.717, 1.165) is 53.4 Å². The van der Waals surface area contributed by atoms with E-state index < -0.39 is 5.54 Å². The van der Waals surface area contributed by atoms with Gasteiger partial charge >= 0.3 is 0 Å². The molecule has 3 aliphatic rings. The molecule has 36 heavy (non-hydrogen) atoms. The third kappa shape index (κ3) is 3.18. The number of aromatic amines is 1. The Morgan fingerprint density at radius 3 is 2.61 bits per heavy atom. The predicted molar refractivity (Wildman–Crippen MR) is 137 cm³/mol. The van der Waals surface area contributed by atoms with Gasteiger partial charge in [0.15, 0.2) is 17.0 Å². The minimum absolute atomic E-state index is 0.000776. The van der Waals surface area contributed by atoms with Crippen LogP contribution in [-0.4, -0.2) is 59.4 Å². The molecular formula is C29H33N3O4. The molecule has 2 amide bonds. The number of H-pyrrole nitrogens is 1. The Kier molecular flexibility index (Phi) is 5.47. The molecular weight excluding hydrogens is 454 g/mol. The van der Waals surface area contributed by atoms with E-state index >= 15 is 0 Å². The summed E-state index contributed by atoms with van der Waals surface area (Å²) in [6.45, 7) is 4.93. The topological polar surface area (TPSA) is 74.9 Å². The number of rotatable bonds is 5. The molecule has 3 heterocycles. The zero-order valence-electron chi connectivity index (χ0n) is 21.2. The molecule has 1 N–H and O–H groups in total. The molecule has 7 heteroatoms. The first-order valence-corrected chi connectivity index (χ1v) is 13.0. The van der Waals surface area contributed by atoms with Crippen LogP contribution in [0.4, 0.5) is 0 Å². The lowest BCUT2D eigenvalue weighted by Crippen LogP contribution is -2.68. The Morgan fingerprint density at radius 2 is 1.86 bits per heavy atom. The SMILES string of the molecule is CCOc1c(OC)cccc1[C@H]1CN2C(=O)CN(C3CCCC3)C(=O)[C@]2(C)c2[nH]c3ccccc3c21. The Hall–Kier alpha value is -3.48. The summed E-state index contributed by atoms with van der Waals surface area (Å²) in [6.07, 6.45) is 4.16. The number of amides is 2. The first kappa shape index (κ1) is 23.0. The summed E-state index contributed by atoms with van der Waals surface area (Å²) in [6, 6.07) is 14.2. The first-order valence-electron chi connectivity index (χ1n) is 13.0. The van der Waals surface area contributed by atoms with Crippen LogP contribution in [0.25, 0.3) is 10.9 Å². The Labute approximate surface area is 211 Å². The van der Waals surface area contributed by atoms with E-state index in [-0.39, 0.29) is 30.3 Å². The number of nitrogens with one attached hydrogen (secondary N) is 1. The van der Waals surface area contributed by atoms with E-state index in [9.17, 15) is 9.59 Å². The fourth-order valence-electron chi connectivity index (χ4n) is 6.69. The smallest absolute Gasteiger partial charge is 0.255 e. The highest BCUT2D eigenvalue weighted by atomic mass is 16.5. The second-order valence-corrected chi connectivity index (χ2v) is 10.3. The fraction of sp³-hybridized carbons (Fsp3) is 0.448. The molecule has 0 spiro atoms. The molecule has 3 aromatic rings. The quantitative estimate of drug-likeness (QED) is 0.573. The molecule has 2 fully saturated rings. The van der Waals surface area contributed by atoms with E-state index in [1.165, 1.54) is 0 Å². The van der Waals surface area contributed by atoms with Crippen molar-refractivity contribution in [2.24, 2.45) is 0 Å². The summed E-state index contributed by atoms with van der Waals surface area (Å²) in [4.78, 5) is 35.2. The second kappa shape index (κ2) is 8.57. The number of nitrogens with zero attached hydrogens (tertiary/aromatic N) is 2. The van der Waals surface area contributed by atoms with Crippen LogP contribution in [0.5, 0.6) is 11.5 Å². The number of benzene rings is 2. The van der Waals surface area contributed by atoms with Crippen molar-refractivity contribution in [3.05, 3.63) is 59.3 Å². The zero-order valence-corrected chi connectivity index (χ0v) is 21.2. The number of carbonyl (C=O) groups excluding carboxylic acids is 2. The van der Waals surface area contributed by atoms with Gasteiger partial charge in [0, 0.05) is 35.0 Å². The molecule has 1 aromatic heterocycles. The van der Waals surface area contributed by atoms with Crippen LogP contribution < -0.4 is 9.47 Å². The van der Waals surface area contributed by atoms with Crippen LogP contribution in [0.1, 0.15) is 62.3 Å². The summed E-state index contributed by atoms with van der Waals surface area (Å²) < 4.78 is 11.7. The Balaban J connectivity index is 1.57. The average molecular weight is 488 g/mol. The number of methoxy groups -OCH3 is 1. The van der Waals surface area contributed by atoms with Gasteiger partial charge < -0.3 is 24.3 Å². The van der Waals surface area contributed by atoms with Crippen molar-refractivity contribution in [2.75, 3.05) is 26.8 Å². The lowest BCUT2D eigenvalue weighted by atomic mass is 9.76. The number of fused-ring (bicyclic) bond motifs is 5. The first-order chi connectivity index (χ1) is 17.5. The normalized spacial score (nSPS) is 24.2.